The summed E-state index contributed by atoms with van der Waals surface area (Å²) in [6, 6.07) is 6.08. The SMILES string of the molecule is CC(C)(C)OC(=O)N1CCc2ccc(NCC(O)CO)cc2CC1. The highest BCUT2D eigenvalue weighted by Gasteiger charge is 2.24. The number of carbonyl (C=O) groups is 1. The van der Waals surface area contributed by atoms with Gasteiger partial charge in [-0.05, 0) is 56.9 Å². The minimum absolute atomic E-state index is 0.261. The van der Waals surface area contributed by atoms with Gasteiger partial charge >= 0.3 is 6.09 Å². The number of nitrogens with zero attached hydrogens (tertiary/aromatic N) is 1. The van der Waals surface area contributed by atoms with Crippen LogP contribution in [0.5, 0.6) is 0 Å². The van der Waals surface area contributed by atoms with Crippen molar-refractivity contribution in [2.45, 2.75) is 45.3 Å². The van der Waals surface area contributed by atoms with Crippen LogP contribution in [0.4, 0.5) is 10.5 Å². The predicted molar refractivity (Wildman–Crippen MR) is 93.2 cm³/mol. The Labute approximate surface area is 143 Å². The topological polar surface area (TPSA) is 82.0 Å². The van der Waals surface area contributed by atoms with Crippen LogP contribution in [0, 0.1) is 0 Å². The first-order valence-electron chi connectivity index (χ1n) is 8.41. The Morgan fingerprint density at radius 2 is 1.96 bits per heavy atom. The van der Waals surface area contributed by atoms with Gasteiger partial charge < -0.3 is 25.2 Å². The van der Waals surface area contributed by atoms with E-state index >= 15 is 0 Å². The Hall–Kier alpha value is -1.79. The Balaban J connectivity index is 1.99. The first kappa shape index (κ1) is 18.5. The third-order valence-electron chi connectivity index (χ3n) is 3.91. The number of amides is 1. The van der Waals surface area contributed by atoms with Crippen molar-refractivity contribution in [3.8, 4) is 0 Å². The molecule has 6 heteroatoms. The van der Waals surface area contributed by atoms with Gasteiger partial charge in [-0.25, -0.2) is 4.79 Å². The first-order valence-corrected chi connectivity index (χ1v) is 8.41. The van der Waals surface area contributed by atoms with Crippen LogP contribution in [0.1, 0.15) is 31.9 Å². The summed E-state index contributed by atoms with van der Waals surface area (Å²) in [4.78, 5) is 14.0. The van der Waals surface area contributed by atoms with Gasteiger partial charge in [0.1, 0.15) is 5.60 Å². The van der Waals surface area contributed by atoms with E-state index in [1.54, 1.807) is 4.90 Å². The molecule has 1 aliphatic heterocycles. The maximum Gasteiger partial charge on any atom is 0.410 e. The molecule has 0 radical (unpaired) electrons. The number of nitrogens with one attached hydrogen (secondary N) is 1. The van der Waals surface area contributed by atoms with Crippen molar-refractivity contribution >= 4 is 11.8 Å². The maximum absolute atomic E-state index is 12.2. The van der Waals surface area contributed by atoms with Crippen LogP contribution < -0.4 is 5.32 Å². The average molecular weight is 336 g/mol. The lowest BCUT2D eigenvalue weighted by Crippen LogP contribution is -2.38. The molecule has 0 aliphatic carbocycles. The van der Waals surface area contributed by atoms with Crippen LogP contribution in [0.3, 0.4) is 0 Å². The van der Waals surface area contributed by atoms with Crippen molar-refractivity contribution in [3.05, 3.63) is 29.3 Å². The van der Waals surface area contributed by atoms with Crippen molar-refractivity contribution in [3.63, 3.8) is 0 Å². The molecule has 0 aromatic heterocycles. The Kier molecular flexibility index (Phi) is 6.07. The molecular weight excluding hydrogens is 308 g/mol. The molecule has 0 spiro atoms. The normalized spacial score (nSPS) is 16.1. The molecule has 1 aromatic carbocycles. The number of hydrogen-bond acceptors (Lipinski definition) is 5. The number of benzene rings is 1. The van der Waals surface area contributed by atoms with Crippen LogP contribution in [0.15, 0.2) is 18.2 Å². The van der Waals surface area contributed by atoms with E-state index < -0.39 is 11.7 Å². The number of aliphatic hydroxyl groups is 2. The van der Waals surface area contributed by atoms with Gasteiger partial charge in [0, 0.05) is 25.3 Å². The van der Waals surface area contributed by atoms with Gasteiger partial charge in [-0.3, -0.25) is 0 Å². The fraction of sp³-hybridized carbons (Fsp3) is 0.611. The van der Waals surface area contributed by atoms with E-state index in [4.69, 9.17) is 9.84 Å². The molecule has 6 nitrogen and oxygen atoms in total. The van der Waals surface area contributed by atoms with Crippen LogP contribution in [-0.2, 0) is 17.6 Å². The van der Waals surface area contributed by atoms with Crippen molar-refractivity contribution in [2.75, 3.05) is 31.6 Å². The summed E-state index contributed by atoms with van der Waals surface area (Å²) in [5, 5.41) is 21.4. The minimum atomic E-state index is -0.772. The number of hydrogen-bond donors (Lipinski definition) is 3. The van der Waals surface area contributed by atoms with Crippen LogP contribution in [0.2, 0.25) is 0 Å². The van der Waals surface area contributed by atoms with E-state index in [9.17, 15) is 9.90 Å². The van der Waals surface area contributed by atoms with Crippen molar-refractivity contribution < 1.29 is 19.7 Å². The lowest BCUT2D eigenvalue weighted by atomic mass is 10.0. The molecule has 0 saturated carbocycles. The summed E-state index contributed by atoms with van der Waals surface area (Å²) in [6.45, 7) is 6.94. The van der Waals surface area contributed by atoms with Gasteiger partial charge in [0.25, 0.3) is 0 Å². The Bertz CT molecular complexity index is 569. The number of aliphatic hydroxyl groups excluding tert-OH is 2. The second-order valence-electron chi connectivity index (χ2n) is 7.17. The van der Waals surface area contributed by atoms with Gasteiger partial charge in [-0.2, -0.15) is 0 Å². The number of fused-ring (bicyclic) bond motifs is 1. The fourth-order valence-corrected chi connectivity index (χ4v) is 2.64. The molecule has 3 N–H and O–H groups in total. The van der Waals surface area contributed by atoms with E-state index in [1.807, 2.05) is 26.8 Å². The number of anilines is 1. The largest absolute Gasteiger partial charge is 0.444 e. The van der Waals surface area contributed by atoms with Gasteiger partial charge in [-0.15, -0.1) is 0 Å². The smallest absolute Gasteiger partial charge is 0.410 e. The summed E-state index contributed by atoms with van der Waals surface area (Å²) >= 11 is 0. The standard InChI is InChI=1S/C18H28N2O4/c1-18(2,3)24-17(23)20-8-6-13-4-5-15(10-14(13)7-9-20)19-11-16(22)12-21/h4-5,10,16,19,21-22H,6-9,11-12H2,1-3H3. The zero-order valence-corrected chi connectivity index (χ0v) is 14.7. The summed E-state index contributed by atoms with van der Waals surface area (Å²) in [5.41, 5.74) is 2.85. The third-order valence-corrected chi connectivity index (χ3v) is 3.91. The molecule has 1 amide bonds. The number of carbonyl (C=O) groups excluding carboxylic acids is 1. The average Bonchev–Trinajstić information content (AvgIpc) is 2.73. The monoisotopic (exact) mass is 336 g/mol. The van der Waals surface area contributed by atoms with E-state index in [-0.39, 0.29) is 12.7 Å². The third kappa shape index (κ3) is 5.39. The molecule has 0 fully saturated rings. The van der Waals surface area contributed by atoms with E-state index in [2.05, 4.69) is 17.4 Å². The van der Waals surface area contributed by atoms with Gasteiger partial charge in [0.2, 0.25) is 0 Å². The van der Waals surface area contributed by atoms with E-state index in [0.29, 0.717) is 19.6 Å². The molecule has 1 atom stereocenters. The summed E-state index contributed by atoms with van der Waals surface area (Å²) in [5.74, 6) is 0. The Morgan fingerprint density at radius 3 is 2.58 bits per heavy atom. The van der Waals surface area contributed by atoms with Crippen LogP contribution in [-0.4, -0.2) is 59.2 Å². The Morgan fingerprint density at radius 1 is 1.29 bits per heavy atom. The highest BCUT2D eigenvalue weighted by atomic mass is 16.6. The van der Waals surface area contributed by atoms with Crippen molar-refractivity contribution in [1.29, 1.82) is 0 Å². The molecule has 1 aliphatic rings. The quantitative estimate of drug-likeness (QED) is 0.781. The lowest BCUT2D eigenvalue weighted by molar-refractivity contribution is 0.0258. The van der Waals surface area contributed by atoms with Crippen molar-refractivity contribution in [1.82, 2.24) is 4.90 Å². The second-order valence-corrected chi connectivity index (χ2v) is 7.17. The highest BCUT2D eigenvalue weighted by molar-refractivity contribution is 5.68. The molecule has 0 saturated heterocycles. The van der Waals surface area contributed by atoms with Crippen molar-refractivity contribution in [2.24, 2.45) is 0 Å². The van der Waals surface area contributed by atoms with E-state index in [1.165, 1.54) is 11.1 Å². The molecule has 1 unspecified atom stereocenters. The van der Waals surface area contributed by atoms with Gasteiger partial charge in [0.15, 0.2) is 0 Å². The lowest BCUT2D eigenvalue weighted by Gasteiger charge is -2.26. The maximum atomic E-state index is 12.2. The first-order chi connectivity index (χ1) is 11.3. The predicted octanol–water partition coefficient (Wildman–Crippen LogP) is 1.79. The second kappa shape index (κ2) is 7.85. The zero-order valence-electron chi connectivity index (χ0n) is 14.7. The van der Waals surface area contributed by atoms with Gasteiger partial charge in [-0.1, -0.05) is 6.07 Å². The fourth-order valence-electron chi connectivity index (χ4n) is 2.64. The van der Waals surface area contributed by atoms with Gasteiger partial charge in [0.05, 0.1) is 12.7 Å². The molecule has 0 bridgehead atoms. The number of ether oxygens (including phenoxy) is 1. The van der Waals surface area contributed by atoms with E-state index in [0.717, 1.165) is 18.5 Å². The zero-order chi connectivity index (χ0) is 17.7. The minimum Gasteiger partial charge on any atom is -0.444 e. The molecule has 24 heavy (non-hydrogen) atoms. The molecule has 1 heterocycles. The number of rotatable bonds is 4. The summed E-state index contributed by atoms with van der Waals surface area (Å²) in [7, 11) is 0. The van der Waals surface area contributed by atoms with Crippen LogP contribution in [0.25, 0.3) is 0 Å². The molecular formula is C18H28N2O4. The van der Waals surface area contributed by atoms with Crippen LogP contribution >= 0.6 is 0 Å². The highest BCUT2D eigenvalue weighted by Crippen LogP contribution is 2.21. The molecule has 134 valence electrons. The molecule has 1 aromatic rings. The summed E-state index contributed by atoms with van der Waals surface area (Å²) in [6.07, 6.45) is 0.534. The molecule has 2 rings (SSSR count). The summed E-state index contributed by atoms with van der Waals surface area (Å²) < 4.78 is 5.46.